The number of amides is 2. The number of carbonyl (C=O) groups excluding carboxylic acids is 3. The molecule has 9 nitrogen and oxygen atoms in total. The molecule has 0 unspecified atom stereocenters. The van der Waals surface area contributed by atoms with E-state index in [9.17, 15) is 14.4 Å². The van der Waals surface area contributed by atoms with Gasteiger partial charge in [-0.15, -0.1) is 11.3 Å². The summed E-state index contributed by atoms with van der Waals surface area (Å²) in [5, 5.41) is 1.82. The Bertz CT molecular complexity index is 1030. The summed E-state index contributed by atoms with van der Waals surface area (Å²) >= 11 is 1.29. The molecule has 34 heavy (non-hydrogen) atoms. The van der Waals surface area contributed by atoms with Gasteiger partial charge in [-0.3, -0.25) is 19.3 Å². The van der Waals surface area contributed by atoms with Gasteiger partial charge in [-0.1, -0.05) is 24.3 Å². The number of primary amides is 1. The summed E-state index contributed by atoms with van der Waals surface area (Å²) in [4.78, 5) is 40.7. The molecule has 182 valence electrons. The van der Waals surface area contributed by atoms with Crippen molar-refractivity contribution in [1.82, 2.24) is 9.80 Å². The molecule has 10 heteroatoms. The van der Waals surface area contributed by atoms with Gasteiger partial charge in [-0.25, -0.2) is 0 Å². The summed E-state index contributed by atoms with van der Waals surface area (Å²) in [6.07, 6.45) is 0.127. The van der Waals surface area contributed by atoms with Crippen molar-refractivity contribution in [2.24, 2.45) is 5.73 Å². The first-order valence-corrected chi connectivity index (χ1v) is 12.1. The SMILES string of the molecule is COC(=O)CC[C@@H](C(N)=O)N1Cc2c(OCc3ccc(CN4CCOCC4)cc3)csc2C1=O. The molecule has 0 spiro atoms. The minimum Gasteiger partial charge on any atom is -0.488 e. The third kappa shape index (κ3) is 5.57. The van der Waals surface area contributed by atoms with Gasteiger partial charge in [-0.2, -0.15) is 0 Å². The van der Waals surface area contributed by atoms with Gasteiger partial charge in [0.2, 0.25) is 5.91 Å². The van der Waals surface area contributed by atoms with Crippen LogP contribution in [-0.4, -0.2) is 67.0 Å². The predicted molar refractivity (Wildman–Crippen MR) is 125 cm³/mol. The van der Waals surface area contributed by atoms with Crippen LogP contribution in [-0.2, 0) is 38.8 Å². The Kier molecular flexibility index (Phi) is 7.81. The highest BCUT2D eigenvalue weighted by Gasteiger charge is 2.38. The summed E-state index contributed by atoms with van der Waals surface area (Å²) in [6.45, 7) is 4.95. The molecule has 0 saturated carbocycles. The fraction of sp³-hybridized carbons (Fsp3) is 0.458. The predicted octanol–water partition coefficient (Wildman–Crippen LogP) is 1.92. The van der Waals surface area contributed by atoms with E-state index >= 15 is 0 Å². The molecule has 1 aromatic carbocycles. The minimum absolute atomic E-state index is 0.00637. The second-order valence-electron chi connectivity index (χ2n) is 8.37. The van der Waals surface area contributed by atoms with Crippen molar-refractivity contribution >= 4 is 29.1 Å². The van der Waals surface area contributed by atoms with Gasteiger partial charge < -0.3 is 24.8 Å². The number of benzene rings is 1. The van der Waals surface area contributed by atoms with E-state index in [1.807, 2.05) is 5.38 Å². The highest BCUT2D eigenvalue weighted by Crippen LogP contribution is 2.38. The standard InChI is InChI=1S/C24H29N3O6S/c1-31-21(28)7-6-19(23(25)29)27-13-18-20(15-34-22(18)24(27)30)33-14-17-4-2-16(3-5-17)12-26-8-10-32-11-9-26/h2-5,15,19H,6-14H2,1H3,(H2,25,29)/t19-/m0/s1. The lowest BCUT2D eigenvalue weighted by Gasteiger charge is -2.26. The van der Waals surface area contributed by atoms with E-state index in [1.165, 1.54) is 28.9 Å². The van der Waals surface area contributed by atoms with Gasteiger partial charge in [-0.05, 0) is 17.5 Å². The number of hydrogen-bond acceptors (Lipinski definition) is 8. The largest absolute Gasteiger partial charge is 0.488 e. The van der Waals surface area contributed by atoms with Crippen LogP contribution in [0.25, 0.3) is 0 Å². The van der Waals surface area contributed by atoms with Crippen molar-refractivity contribution in [2.45, 2.75) is 38.6 Å². The molecule has 1 fully saturated rings. The Morgan fingerprint density at radius 3 is 2.56 bits per heavy atom. The average Bonchev–Trinajstić information content (AvgIpc) is 3.39. The molecule has 4 rings (SSSR count). The lowest BCUT2D eigenvalue weighted by molar-refractivity contribution is -0.141. The first-order valence-electron chi connectivity index (χ1n) is 11.2. The molecule has 0 radical (unpaired) electrons. The van der Waals surface area contributed by atoms with Gasteiger partial charge in [0.05, 0.1) is 26.9 Å². The van der Waals surface area contributed by atoms with E-state index in [1.54, 1.807) is 0 Å². The third-order valence-corrected chi connectivity index (χ3v) is 7.11. The monoisotopic (exact) mass is 487 g/mol. The average molecular weight is 488 g/mol. The van der Waals surface area contributed by atoms with Gasteiger partial charge in [0.1, 0.15) is 23.3 Å². The normalized spacial score (nSPS) is 16.9. The van der Waals surface area contributed by atoms with Crippen molar-refractivity contribution in [1.29, 1.82) is 0 Å². The molecular formula is C24H29N3O6S. The number of thiophene rings is 1. The maximum absolute atomic E-state index is 12.9. The van der Waals surface area contributed by atoms with Gasteiger partial charge in [0.25, 0.3) is 5.91 Å². The molecule has 2 aliphatic heterocycles. The smallest absolute Gasteiger partial charge is 0.305 e. The summed E-state index contributed by atoms with van der Waals surface area (Å²) < 4.78 is 16.1. The molecule has 0 aliphatic carbocycles. The number of nitrogens with zero attached hydrogens (tertiary/aromatic N) is 2. The molecule has 3 heterocycles. The van der Waals surface area contributed by atoms with E-state index in [2.05, 4.69) is 33.9 Å². The van der Waals surface area contributed by atoms with E-state index in [0.29, 0.717) is 17.2 Å². The molecule has 1 saturated heterocycles. The zero-order valence-electron chi connectivity index (χ0n) is 19.2. The second-order valence-corrected chi connectivity index (χ2v) is 9.25. The van der Waals surface area contributed by atoms with E-state index in [0.717, 1.165) is 44.0 Å². The maximum Gasteiger partial charge on any atom is 0.305 e. The molecule has 2 N–H and O–H groups in total. The van der Waals surface area contributed by atoms with E-state index in [4.69, 9.17) is 15.2 Å². The number of esters is 1. The van der Waals surface area contributed by atoms with Crippen LogP contribution < -0.4 is 10.5 Å². The fourth-order valence-corrected chi connectivity index (χ4v) is 5.13. The van der Waals surface area contributed by atoms with Crippen LogP contribution in [0.2, 0.25) is 0 Å². The van der Waals surface area contributed by atoms with Crippen molar-refractivity contribution in [3.8, 4) is 5.75 Å². The fourth-order valence-electron chi connectivity index (χ4n) is 4.17. The highest BCUT2D eigenvalue weighted by atomic mass is 32.1. The number of morpholine rings is 1. The van der Waals surface area contributed by atoms with Crippen LogP contribution in [0.3, 0.4) is 0 Å². The topological polar surface area (TPSA) is 111 Å². The molecule has 2 aromatic rings. The molecule has 2 amide bonds. The van der Waals surface area contributed by atoms with Crippen LogP contribution in [0.4, 0.5) is 0 Å². The van der Waals surface area contributed by atoms with Crippen molar-refractivity contribution < 1.29 is 28.6 Å². The maximum atomic E-state index is 12.9. The van der Waals surface area contributed by atoms with Crippen LogP contribution in [0.1, 0.15) is 39.2 Å². The number of nitrogens with two attached hydrogens (primary N) is 1. The molecule has 1 atom stereocenters. The molecule has 0 bridgehead atoms. The van der Waals surface area contributed by atoms with Crippen LogP contribution in [0.5, 0.6) is 5.75 Å². The van der Waals surface area contributed by atoms with Crippen LogP contribution >= 0.6 is 11.3 Å². The second kappa shape index (κ2) is 11.0. The molecule has 2 aliphatic rings. The van der Waals surface area contributed by atoms with Crippen LogP contribution in [0.15, 0.2) is 29.6 Å². The highest BCUT2D eigenvalue weighted by molar-refractivity contribution is 7.12. The minimum atomic E-state index is -0.877. The lowest BCUT2D eigenvalue weighted by Crippen LogP contribution is -2.45. The Labute approximate surface area is 202 Å². The zero-order valence-corrected chi connectivity index (χ0v) is 20.0. The summed E-state index contributed by atoms with van der Waals surface area (Å²) in [5.41, 5.74) is 8.56. The summed E-state index contributed by atoms with van der Waals surface area (Å²) in [5.74, 6) is -0.736. The third-order valence-electron chi connectivity index (χ3n) is 6.12. The molecule has 1 aromatic heterocycles. The quantitative estimate of drug-likeness (QED) is 0.510. The van der Waals surface area contributed by atoms with Crippen molar-refractivity contribution in [3.63, 3.8) is 0 Å². The lowest BCUT2D eigenvalue weighted by atomic mass is 10.1. The summed E-state index contributed by atoms with van der Waals surface area (Å²) in [7, 11) is 1.28. The number of rotatable bonds is 10. The Balaban J connectivity index is 1.35. The first kappa shape index (κ1) is 24.2. The Hall–Kier alpha value is -2.95. The van der Waals surface area contributed by atoms with E-state index < -0.39 is 17.9 Å². The van der Waals surface area contributed by atoms with Crippen molar-refractivity contribution in [3.05, 3.63) is 51.2 Å². The van der Waals surface area contributed by atoms with Crippen LogP contribution in [0, 0.1) is 0 Å². The number of fused-ring (bicyclic) bond motifs is 1. The number of carbonyl (C=O) groups is 3. The summed E-state index contributed by atoms with van der Waals surface area (Å²) in [6, 6.07) is 7.44. The zero-order chi connectivity index (χ0) is 24.1. The van der Waals surface area contributed by atoms with E-state index in [-0.39, 0.29) is 25.3 Å². The van der Waals surface area contributed by atoms with Gasteiger partial charge in [0.15, 0.2) is 0 Å². The Morgan fingerprint density at radius 1 is 1.18 bits per heavy atom. The molecular weight excluding hydrogens is 458 g/mol. The number of ether oxygens (including phenoxy) is 3. The Morgan fingerprint density at radius 2 is 1.88 bits per heavy atom. The number of methoxy groups -OCH3 is 1. The first-order chi connectivity index (χ1) is 16.5. The number of hydrogen-bond donors (Lipinski definition) is 1. The van der Waals surface area contributed by atoms with Crippen molar-refractivity contribution in [2.75, 3.05) is 33.4 Å². The van der Waals surface area contributed by atoms with Gasteiger partial charge in [0, 0.05) is 37.0 Å². The van der Waals surface area contributed by atoms with Gasteiger partial charge >= 0.3 is 5.97 Å².